The third-order valence-corrected chi connectivity index (χ3v) is 0.643. The van der Waals surface area contributed by atoms with E-state index in [1.807, 2.05) is 0 Å². The summed E-state index contributed by atoms with van der Waals surface area (Å²) >= 11 is 0. The first-order valence-corrected chi connectivity index (χ1v) is 2.65. The number of hydrogen-bond donors (Lipinski definition) is 1. The summed E-state index contributed by atoms with van der Waals surface area (Å²) in [6.45, 7) is 1.27. The van der Waals surface area contributed by atoms with Crippen molar-refractivity contribution in [2.45, 2.75) is 6.92 Å². The van der Waals surface area contributed by atoms with Crippen molar-refractivity contribution in [3.63, 3.8) is 0 Å². The van der Waals surface area contributed by atoms with E-state index in [9.17, 15) is 9.59 Å². The van der Waals surface area contributed by atoms with Gasteiger partial charge in [-0.05, 0) is 6.08 Å². The minimum absolute atomic E-state index is 0.0155. The van der Waals surface area contributed by atoms with Crippen LogP contribution in [0, 0.1) is 0 Å². The summed E-state index contributed by atoms with van der Waals surface area (Å²) in [5.74, 6) is -1.47. The monoisotopic (exact) mass is 144 g/mol. The lowest BCUT2D eigenvalue weighted by molar-refractivity contribution is -0.140. The molecule has 10 heavy (non-hydrogen) atoms. The molecule has 0 aliphatic rings. The number of hydrogen-bond acceptors (Lipinski definition) is 3. The van der Waals surface area contributed by atoms with E-state index in [2.05, 4.69) is 4.74 Å². The Morgan fingerprint density at radius 1 is 1.60 bits per heavy atom. The molecule has 0 heterocycles. The Bertz CT molecular complexity index is 159. The first kappa shape index (κ1) is 8.68. The van der Waals surface area contributed by atoms with Crippen molar-refractivity contribution in [2.75, 3.05) is 6.61 Å². The first-order valence-electron chi connectivity index (χ1n) is 2.65. The number of carbonyl (C=O) groups is 2. The molecule has 1 N–H and O–H groups in total. The summed E-state index contributed by atoms with van der Waals surface area (Å²) < 4.78 is 4.40. The molecule has 0 aliphatic heterocycles. The van der Waals surface area contributed by atoms with Gasteiger partial charge in [0.1, 0.15) is 6.61 Å². The zero-order valence-corrected chi connectivity index (χ0v) is 5.53. The Hall–Kier alpha value is -1.32. The molecule has 0 spiro atoms. The Labute approximate surface area is 58.1 Å². The summed E-state index contributed by atoms with van der Waals surface area (Å²) in [4.78, 5) is 19.9. The first-order chi connectivity index (χ1) is 4.63. The molecule has 0 aromatic rings. The predicted octanol–water partition coefficient (Wildman–Crippen LogP) is 0.190. The van der Waals surface area contributed by atoms with Gasteiger partial charge >= 0.3 is 11.9 Å². The van der Waals surface area contributed by atoms with E-state index in [-0.39, 0.29) is 6.61 Å². The molecular weight excluding hydrogens is 136 g/mol. The van der Waals surface area contributed by atoms with Gasteiger partial charge in [-0.1, -0.05) is 0 Å². The average Bonchev–Trinajstić information content (AvgIpc) is 1.79. The number of carboxylic acid groups (broad SMARTS) is 1. The smallest absolute Gasteiger partial charge is 0.328 e. The van der Waals surface area contributed by atoms with Gasteiger partial charge in [0.2, 0.25) is 0 Å². The van der Waals surface area contributed by atoms with E-state index in [4.69, 9.17) is 5.11 Å². The highest BCUT2D eigenvalue weighted by Gasteiger charge is 1.88. The van der Waals surface area contributed by atoms with Gasteiger partial charge in [0.05, 0.1) is 0 Å². The van der Waals surface area contributed by atoms with E-state index in [1.165, 1.54) is 13.0 Å². The zero-order chi connectivity index (χ0) is 7.98. The van der Waals surface area contributed by atoms with E-state index < -0.39 is 11.9 Å². The lowest BCUT2D eigenvalue weighted by atomic mass is 10.5. The SMILES string of the molecule is CC(=O)OC/C=C/C(=O)O. The second-order valence-corrected chi connectivity index (χ2v) is 1.54. The van der Waals surface area contributed by atoms with Crippen molar-refractivity contribution in [3.8, 4) is 0 Å². The molecule has 0 rings (SSSR count). The minimum Gasteiger partial charge on any atom is -0.478 e. The lowest BCUT2D eigenvalue weighted by Crippen LogP contribution is -1.98. The van der Waals surface area contributed by atoms with Gasteiger partial charge in [-0.3, -0.25) is 4.79 Å². The molecule has 0 amide bonds. The van der Waals surface area contributed by atoms with Gasteiger partial charge in [0.15, 0.2) is 0 Å². The number of carbonyl (C=O) groups excluding carboxylic acids is 1. The highest BCUT2D eigenvalue weighted by Crippen LogP contribution is 1.78. The standard InChI is InChI=1S/C6H8O4/c1-5(7)10-4-2-3-6(8)9/h2-3H,4H2,1H3,(H,8,9)/b3-2+. The Balaban J connectivity index is 3.36. The van der Waals surface area contributed by atoms with Crippen molar-refractivity contribution in [2.24, 2.45) is 0 Å². The van der Waals surface area contributed by atoms with E-state index in [0.717, 1.165) is 6.08 Å². The maximum Gasteiger partial charge on any atom is 0.328 e. The maximum absolute atomic E-state index is 10.1. The van der Waals surface area contributed by atoms with Crippen molar-refractivity contribution >= 4 is 11.9 Å². The summed E-state index contributed by atoms with van der Waals surface area (Å²) in [7, 11) is 0. The van der Waals surface area contributed by atoms with Gasteiger partial charge in [-0.2, -0.15) is 0 Å². The summed E-state index contributed by atoms with van der Waals surface area (Å²) in [5, 5.41) is 8.05. The molecule has 0 fully saturated rings. The Morgan fingerprint density at radius 2 is 2.20 bits per heavy atom. The summed E-state index contributed by atoms with van der Waals surface area (Å²) in [6, 6.07) is 0. The number of aliphatic carboxylic acids is 1. The van der Waals surface area contributed by atoms with E-state index >= 15 is 0 Å². The molecule has 0 atom stereocenters. The molecule has 0 aromatic heterocycles. The zero-order valence-electron chi connectivity index (χ0n) is 5.53. The number of esters is 1. The predicted molar refractivity (Wildman–Crippen MR) is 33.4 cm³/mol. The number of ether oxygens (including phenoxy) is 1. The van der Waals surface area contributed by atoms with E-state index in [0.29, 0.717) is 0 Å². The van der Waals surface area contributed by atoms with Crippen LogP contribution in [0.4, 0.5) is 0 Å². The van der Waals surface area contributed by atoms with Crippen molar-refractivity contribution in [3.05, 3.63) is 12.2 Å². The van der Waals surface area contributed by atoms with Crippen molar-refractivity contribution in [1.29, 1.82) is 0 Å². The molecule has 0 bridgehead atoms. The van der Waals surface area contributed by atoms with Crippen LogP contribution in [-0.4, -0.2) is 23.7 Å². The molecule has 4 nitrogen and oxygen atoms in total. The van der Waals surface area contributed by atoms with Crippen LogP contribution < -0.4 is 0 Å². The van der Waals surface area contributed by atoms with Gasteiger partial charge in [-0.15, -0.1) is 0 Å². The van der Waals surface area contributed by atoms with Crippen LogP contribution in [0.25, 0.3) is 0 Å². The third-order valence-electron chi connectivity index (χ3n) is 0.643. The van der Waals surface area contributed by atoms with Crippen LogP contribution in [-0.2, 0) is 14.3 Å². The summed E-state index contributed by atoms with van der Waals surface area (Å²) in [6.07, 6.45) is 2.17. The fraction of sp³-hybridized carbons (Fsp3) is 0.333. The van der Waals surface area contributed by atoms with Crippen LogP contribution in [0.5, 0.6) is 0 Å². The lowest BCUT2D eigenvalue weighted by Gasteiger charge is -1.92. The largest absolute Gasteiger partial charge is 0.478 e. The second kappa shape index (κ2) is 4.55. The number of rotatable bonds is 3. The maximum atomic E-state index is 10.1. The van der Waals surface area contributed by atoms with Crippen LogP contribution >= 0.6 is 0 Å². The van der Waals surface area contributed by atoms with Crippen molar-refractivity contribution < 1.29 is 19.4 Å². The quantitative estimate of drug-likeness (QED) is 0.453. The fourth-order valence-electron chi connectivity index (χ4n) is 0.314. The topological polar surface area (TPSA) is 63.6 Å². The van der Waals surface area contributed by atoms with Gasteiger partial charge < -0.3 is 9.84 Å². The molecule has 0 aromatic carbocycles. The molecule has 0 unspecified atom stereocenters. The number of carboxylic acids is 1. The van der Waals surface area contributed by atoms with Gasteiger partial charge in [0.25, 0.3) is 0 Å². The molecule has 4 heteroatoms. The average molecular weight is 144 g/mol. The highest BCUT2D eigenvalue weighted by atomic mass is 16.5. The highest BCUT2D eigenvalue weighted by molar-refractivity contribution is 5.79. The van der Waals surface area contributed by atoms with E-state index in [1.54, 1.807) is 0 Å². The van der Waals surface area contributed by atoms with Crippen LogP contribution in [0.15, 0.2) is 12.2 Å². The molecule has 0 saturated carbocycles. The summed E-state index contributed by atoms with van der Waals surface area (Å²) in [5.41, 5.74) is 0. The Kier molecular flexibility index (Phi) is 3.95. The van der Waals surface area contributed by atoms with Crippen LogP contribution in [0.2, 0.25) is 0 Å². The van der Waals surface area contributed by atoms with Crippen LogP contribution in [0.1, 0.15) is 6.92 Å². The fourth-order valence-corrected chi connectivity index (χ4v) is 0.314. The molecule has 0 radical (unpaired) electrons. The molecule has 56 valence electrons. The van der Waals surface area contributed by atoms with Gasteiger partial charge in [0, 0.05) is 13.0 Å². The Morgan fingerprint density at radius 3 is 2.60 bits per heavy atom. The molecular formula is C6H8O4. The van der Waals surface area contributed by atoms with Crippen molar-refractivity contribution in [1.82, 2.24) is 0 Å². The third kappa shape index (κ3) is 6.68. The second-order valence-electron chi connectivity index (χ2n) is 1.54. The minimum atomic E-state index is -1.05. The molecule has 0 aliphatic carbocycles. The van der Waals surface area contributed by atoms with Gasteiger partial charge in [-0.25, -0.2) is 4.79 Å². The molecule has 0 saturated heterocycles. The normalized spacial score (nSPS) is 9.70. The van der Waals surface area contributed by atoms with Crippen LogP contribution in [0.3, 0.4) is 0 Å².